The molecule has 0 saturated heterocycles. The van der Waals surface area contributed by atoms with Gasteiger partial charge in [0.05, 0.1) is 16.8 Å². The van der Waals surface area contributed by atoms with Crippen molar-refractivity contribution < 1.29 is 13.9 Å². The molecule has 0 unspecified atom stereocenters. The summed E-state index contributed by atoms with van der Waals surface area (Å²) in [5.41, 5.74) is 0.870. The van der Waals surface area contributed by atoms with Gasteiger partial charge in [0, 0.05) is 23.6 Å². The van der Waals surface area contributed by atoms with Crippen LogP contribution >= 0.6 is 35.5 Å². The predicted molar refractivity (Wildman–Crippen MR) is 135 cm³/mol. The second-order valence-electron chi connectivity index (χ2n) is 7.31. The fraction of sp³-hybridized carbons (Fsp3) is 0.391. The maximum Gasteiger partial charge on any atom is 0.229 e. The van der Waals surface area contributed by atoms with E-state index in [1.165, 1.54) is 23.5 Å². The van der Waals surface area contributed by atoms with Gasteiger partial charge in [0.2, 0.25) is 5.91 Å². The molecule has 0 bridgehead atoms. The summed E-state index contributed by atoms with van der Waals surface area (Å²) in [7, 11) is 4.05. The van der Waals surface area contributed by atoms with Crippen molar-refractivity contribution in [1.82, 2.24) is 9.88 Å². The van der Waals surface area contributed by atoms with E-state index < -0.39 is 0 Å². The number of benzene rings is 2. The van der Waals surface area contributed by atoms with E-state index in [-0.39, 0.29) is 24.1 Å². The van der Waals surface area contributed by atoms with Gasteiger partial charge in [0.15, 0.2) is 5.13 Å². The molecule has 3 aromatic rings. The Morgan fingerprint density at radius 3 is 2.59 bits per heavy atom. The average Bonchev–Trinajstić information content (AvgIpc) is 3.15. The minimum Gasteiger partial charge on any atom is -0.494 e. The summed E-state index contributed by atoms with van der Waals surface area (Å²) < 4.78 is 19.7. The first-order valence-electron chi connectivity index (χ1n) is 10.3. The molecule has 1 amide bonds. The topological polar surface area (TPSA) is 45.7 Å². The van der Waals surface area contributed by atoms with Crippen LogP contribution in [0.25, 0.3) is 10.2 Å². The number of thiazole rings is 1. The van der Waals surface area contributed by atoms with E-state index in [1.807, 2.05) is 39.2 Å². The molecule has 0 spiro atoms. The van der Waals surface area contributed by atoms with Crippen LogP contribution in [0, 0.1) is 5.82 Å². The van der Waals surface area contributed by atoms with Crippen molar-refractivity contribution in [2.24, 2.45) is 0 Å². The molecule has 0 aliphatic heterocycles. The van der Waals surface area contributed by atoms with Crippen LogP contribution in [-0.4, -0.2) is 55.3 Å². The number of fused-ring (bicyclic) bond motifs is 1. The summed E-state index contributed by atoms with van der Waals surface area (Å²) in [6.07, 6.45) is 1.26. The van der Waals surface area contributed by atoms with Gasteiger partial charge in [-0.25, -0.2) is 9.37 Å². The van der Waals surface area contributed by atoms with Gasteiger partial charge in [-0.3, -0.25) is 9.69 Å². The fourth-order valence-electron chi connectivity index (χ4n) is 3.06. The first-order valence-corrected chi connectivity index (χ1v) is 12.1. The first-order chi connectivity index (χ1) is 15.0. The van der Waals surface area contributed by atoms with Crippen molar-refractivity contribution in [2.45, 2.75) is 24.7 Å². The van der Waals surface area contributed by atoms with Gasteiger partial charge >= 0.3 is 0 Å². The zero-order chi connectivity index (χ0) is 22.2. The Morgan fingerprint density at radius 2 is 1.91 bits per heavy atom. The summed E-state index contributed by atoms with van der Waals surface area (Å²) in [5.74, 6) is 1.24. The number of hydrogen-bond donors (Lipinski definition) is 0. The summed E-state index contributed by atoms with van der Waals surface area (Å²) in [5, 5.41) is 0.721. The highest BCUT2D eigenvalue weighted by Crippen LogP contribution is 2.32. The van der Waals surface area contributed by atoms with Crippen LogP contribution < -0.4 is 9.64 Å². The zero-order valence-electron chi connectivity index (χ0n) is 18.5. The quantitative estimate of drug-likeness (QED) is 0.317. The third-order valence-corrected chi connectivity index (χ3v) is 6.63. The third-order valence-electron chi connectivity index (χ3n) is 4.58. The maximum absolute atomic E-state index is 13.1. The lowest BCUT2D eigenvalue weighted by Gasteiger charge is -2.21. The molecule has 2 aromatic carbocycles. The van der Waals surface area contributed by atoms with E-state index in [1.54, 1.807) is 28.8 Å². The number of carbonyl (C=O) groups excluding carboxylic acids is 1. The summed E-state index contributed by atoms with van der Waals surface area (Å²) in [6.45, 7) is 4.08. The van der Waals surface area contributed by atoms with Crippen LogP contribution in [0.1, 0.15) is 19.8 Å². The van der Waals surface area contributed by atoms with Crippen molar-refractivity contribution in [3.8, 4) is 5.75 Å². The Hall–Kier alpha value is -1.87. The van der Waals surface area contributed by atoms with Crippen molar-refractivity contribution in [2.75, 3.05) is 44.4 Å². The lowest BCUT2D eigenvalue weighted by molar-refractivity contribution is -0.118. The number of hydrogen-bond acceptors (Lipinski definition) is 6. The van der Waals surface area contributed by atoms with Crippen LogP contribution in [0.3, 0.4) is 0 Å². The number of rotatable bonds is 11. The Balaban J connectivity index is 0.00000363. The molecule has 1 heterocycles. The van der Waals surface area contributed by atoms with Gasteiger partial charge in [-0.15, -0.1) is 24.2 Å². The van der Waals surface area contributed by atoms with Gasteiger partial charge in [0.25, 0.3) is 0 Å². The lowest BCUT2D eigenvalue weighted by Crippen LogP contribution is -2.33. The highest BCUT2D eigenvalue weighted by Gasteiger charge is 2.20. The number of carbonyl (C=O) groups is 1. The number of nitrogens with zero attached hydrogens (tertiary/aromatic N) is 3. The average molecular weight is 498 g/mol. The highest BCUT2D eigenvalue weighted by molar-refractivity contribution is 7.99. The molecule has 0 aliphatic carbocycles. The molecule has 0 atom stereocenters. The first kappa shape index (κ1) is 26.4. The molecular weight excluding hydrogens is 469 g/mol. The number of thioether (sulfide) groups is 1. The summed E-state index contributed by atoms with van der Waals surface area (Å²) in [4.78, 5) is 22.7. The van der Waals surface area contributed by atoms with Crippen LogP contribution in [0.4, 0.5) is 9.52 Å². The number of ether oxygens (including phenoxy) is 1. The van der Waals surface area contributed by atoms with Crippen molar-refractivity contribution in [1.29, 1.82) is 0 Å². The lowest BCUT2D eigenvalue weighted by atomic mass is 10.3. The van der Waals surface area contributed by atoms with Gasteiger partial charge in [0.1, 0.15) is 11.6 Å². The molecule has 174 valence electrons. The van der Waals surface area contributed by atoms with E-state index in [2.05, 4.69) is 4.90 Å². The Bertz CT molecular complexity index is 999. The number of anilines is 1. The number of aromatic nitrogens is 1. The summed E-state index contributed by atoms with van der Waals surface area (Å²) >= 11 is 3.07. The van der Waals surface area contributed by atoms with Gasteiger partial charge in [-0.1, -0.05) is 11.3 Å². The molecular formula is C23H29ClFN3O2S2. The standard InChI is InChI=1S/C23H28FN3O2S2.ClH/c1-4-29-18-8-11-20-21(16-18)31-23(25-20)27(14-5-13-26(2)3)22(28)12-15-30-19-9-6-17(24)7-10-19;/h6-11,16H,4-5,12-15H2,1-3H3;1H. The van der Waals surface area contributed by atoms with Crippen LogP contribution in [0.5, 0.6) is 5.75 Å². The van der Waals surface area contributed by atoms with Crippen molar-refractivity contribution >= 4 is 56.8 Å². The third kappa shape index (κ3) is 7.62. The van der Waals surface area contributed by atoms with E-state index in [4.69, 9.17) is 9.72 Å². The minimum atomic E-state index is -0.254. The van der Waals surface area contributed by atoms with E-state index in [0.29, 0.717) is 25.3 Å². The maximum atomic E-state index is 13.1. The normalized spacial score (nSPS) is 10.9. The van der Waals surface area contributed by atoms with Crippen LogP contribution in [0.2, 0.25) is 0 Å². The SMILES string of the molecule is CCOc1ccc2nc(N(CCCN(C)C)C(=O)CCSc3ccc(F)cc3)sc2c1.Cl. The largest absolute Gasteiger partial charge is 0.494 e. The Labute approximate surface area is 203 Å². The van der Waals surface area contributed by atoms with Gasteiger partial charge < -0.3 is 9.64 Å². The molecule has 9 heteroatoms. The molecule has 0 saturated carbocycles. The molecule has 0 radical (unpaired) electrons. The van der Waals surface area contributed by atoms with Crippen LogP contribution in [0.15, 0.2) is 47.4 Å². The molecule has 1 aromatic heterocycles. The van der Waals surface area contributed by atoms with E-state index >= 15 is 0 Å². The molecule has 0 aliphatic rings. The fourth-order valence-corrected chi connectivity index (χ4v) is 4.94. The molecule has 32 heavy (non-hydrogen) atoms. The summed E-state index contributed by atoms with van der Waals surface area (Å²) in [6, 6.07) is 12.2. The van der Waals surface area contributed by atoms with E-state index in [9.17, 15) is 9.18 Å². The Morgan fingerprint density at radius 1 is 1.16 bits per heavy atom. The van der Waals surface area contributed by atoms with Gasteiger partial charge in [-0.05, 0) is 76.4 Å². The highest BCUT2D eigenvalue weighted by atomic mass is 35.5. The number of amides is 1. The number of halogens is 2. The molecule has 0 fully saturated rings. The second kappa shape index (κ2) is 13.0. The van der Waals surface area contributed by atoms with E-state index in [0.717, 1.165) is 39.0 Å². The molecule has 3 rings (SSSR count). The minimum absolute atomic E-state index is 0. The van der Waals surface area contributed by atoms with Gasteiger partial charge in [-0.2, -0.15) is 0 Å². The zero-order valence-corrected chi connectivity index (χ0v) is 21.0. The second-order valence-corrected chi connectivity index (χ2v) is 9.49. The van der Waals surface area contributed by atoms with Crippen molar-refractivity contribution in [3.63, 3.8) is 0 Å². The molecule has 0 N–H and O–H groups in total. The van der Waals surface area contributed by atoms with Crippen LogP contribution in [-0.2, 0) is 4.79 Å². The predicted octanol–water partition coefficient (Wildman–Crippen LogP) is 5.72. The molecule has 5 nitrogen and oxygen atoms in total. The smallest absolute Gasteiger partial charge is 0.229 e. The van der Waals surface area contributed by atoms with Crippen molar-refractivity contribution in [3.05, 3.63) is 48.3 Å². The Kier molecular flexibility index (Phi) is 10.7. The monoisotopic (exact) mass is 497 g/mol.